The topological polar surface area (TPSA) is 86.9 Å². The number of rotatable bonds is 2. The zero-order chi connectivity index (χ0) is 14.9. The quantitative estimate of drug-likeness (QED) is 0.853. The molecule has 6 heteroatoms. The fourth-order valence-electron chi connectivity index (χ4n) is 2.81. The minimum absolute atomic E-state index is 0.107. The maximum absolute atomic E-state index is 11.7. The second kappa shape index (κ2) is 5.44. The predicted octanol–water partition coefficient (Wildman–Crippen LogP) is 1.94. The van der Waals surface area contributed by atoms with Gasteiger partial charge in [-0.25, -0.2) is 0 Å². The van der Waals surface area contributed by atoms with Gasteiger partial charge in [0.1, 0.15) is 0 Å². The largest absolute Gasteiger partial charge is 0.334 e. The van der Waals surface area contributed by atoms with Crippen molar-refractivity contribution in [3.05, 3.63) is 34.5 Å². The van der Waals surface area contributed by atoms with Crippen molar-refractivity contribution in [2.24, 2.45) is 12.8 Å². The number of aromatic nitrogens is 3. The molecule has 3 rings (SSSR count). The van der Waals surface area contributed by atoms with Crippen LogP contribution < -0.4 is 11.3 Å². The third-order valence-electron chi connectivity index (χ3n) is 4.22. The summed E-state index contributed by atoms with van der Waals surface area (Å²) in [5.41, 5.74) is 6.50. The number of hydrogen-bond donors (Lipinski definition) is 1. The van der Waals surface area contributed by atoms with Crippen LogP contribution in [-0.4, -0.2) is 14.7 Å². The molecule has 112 valence electrons. The van der Waals surface area contributed by atoms with Gasteiger partial charge in [0.15, 0.2) is 5.82 Å². The average Bonchev–Trinajstić information content (AvgIpc) is 2.86. The van der Waals surface area contributed by atoms with Gasteiger partial charge in [-0.3, -0.25) is 4.79 Å². The van der Waals surface area contributed by atoms with Crippen LogP contribution in [0.2, 0.25) is 0 Å². The molecule has 2 aromatic heterocycles. The Balaban J connectivity index is 1.92. The van der Waals surface area contributed by atoms with E-state index in [2.05, 4.69) is 10.1 Å². The van der Waals surface area contributed by atoms with Gasteiger partial charge < -0.3 is 14.8 Å². The van der Waals surface area contributed by atoms with E-state index >= 15 is 0 Å². The van der Waals surface area contributed by atoms with Gasteiger partial charge in [-0.2, -0.15) is 4.98 Å². The molecule has 1 aliphatic carbocycles. The molecule has 0 unspecified atom stereocenters. The maximum Gasteiger partial charge on any atom is 0.258 e. The first-order valence-electron chi connectivity index (χ1n) is 7.39. The van der Waals surface area contributed by atoms with E-state index in [9.17, 15) is 4.79 Å². The van der Waals surface area contributed by atoms with Crippen LogP contribution in [-0.2, 0) is 12.6 Å². The molecule has 6 nitrogen and oxygen atoms in total. The summed E-state index contributed by atoms with van der Waals surface area (Å²) in [6.07, 6.45) is 8.03. The molecule has 2 heterocycles. The van der Waals surface area contributed by atoms with Gasteiger partial charge in [0.25, 0.3) is 11.4 Å². The van der Waals surface area contributed by atoms with E-state index < -0.39 is 5.54 Å². The number of hydrogen-bond acceptors (Lipinski definition) is 5. The van der Waals surface area contributed by atoms with Crippen molar-refractivity contribution in [3.8, 4) is 11.5 Å². The van der Waals surface area contributed by atoms with Crippen LogP contribution in [0.3, 0.4) is 0 Å². The van der Waals surface area contributed by atoms with Crippen molar-refractivity contribution >= 4 is 0 Å². The summed E-state index contributed by atoms with van der Waals surface area (Å²) in [6.45, 7) is 0. The highest BCUT2D eigenvalue weighted by Crippen LogP contribution is 2.32. The number of aryl methyl sites for hydroxylation is 1. The Kier molecular flexibility index (Phi) is 3.63. The van der Waals surface area contributed by atoms with Crippen molar-refractivity contribution < 1.29 is 4.52 Å². The second-order valence-corrected chi connectivity index (χ2v) is 5.86. The van der Waals surface area contributed by atoms with Crippen LogP contribution in [0.5, 0.6) is 0 Å². The maximum atomic E-state index is 11.7. The zero-order valence-corrected chi connectivity index (χ0v) is 12.2. The molecule has 1 fully saturated rings. The Labute approximate surface area is 123 Å². The van der Waals surface area contributed by atoms with Crippen LogP contribution in [0.1, 0.15) is 44.3 Å². The molecule has 0 radical (unpaired) electrons. The summed E-state index contributed by atoms with van der Waals surface area (Å²) in [5, 5.41) is 4.06. The van der Waals surface area contributed by atoms with Crippen molar-refractivity contribution in [2.75, 3.05) is 0 Å². The summed E-state index contributed by atoms with van der Waals surface area (Å²) >= 11 is 0. The summed E-state index contributed by atoms with van der Waals surface area (Å²) in [6, 6.07) is 3.28. The van der Waals surface area contributed by atoms with E-state index in [-0.39, 0.29) is 5.56 Å². The Morgan fingerprint density at radius 2 is 2.00 bits per heavy atom. The van der Waals surface area contributed by atoms with Gasteiger partial charge in [0.2, 0.25) is 0 Å². The molecule has 1 saturated carbocycles. The molecule has 2 aromatic rings. The lowest BCUT2D eigenvalue weighted by Crippen LogP contribution is -2.37. The fourth-order valence-corrected chi connectivity index (χ4v) is 2.81. The van der Waals surface area contributed by atoms with E-state index in [1.807, 2.05) is 0 Å². The first-order valence-corrected chi connectivity index (χ1v) is 7.39. The molecule has 0 saturated heterocycles. The fraction of sp³-hybridized carbons (Fsp3) is 0.533. The lowest BCUT2D eigenvalue weighted by atomic mass is 9.91. The van der Waals surface area contributed by atoms with E-state index in [0.29, 0.717) is 17.3 Å². The van der Waals surface area contributed by atoms with E-state index in [1.165, 1.54) is 23.5 Å². The SMILES string of the molecule is Cn1ccc(-c2nc(C3(N)CCCCCC3)no2)cc1=O. The van der Waals surface area contributed by atoms with Crippen molar-refractivity contribution in [1.29, 1.82) is 0 Å². The van der Waals surface area contributed by atoms with Gasteiger partial charge in [-0.1, -0.05) is 30.8 Å². The third kappa shape index (κ3) is 2.76. The minimum Gasteiger partial charge on any atom is -0.334 e. The Hall–Kier alpha value is -1.95. The minimum atomic E-state index is -0.502. The molecule has 1 aliphatic rings. The lowest BCUT2D eigenvalue weighted by molar-refractivity contribution is 0.334. The van der Waals surface area contributed by atoms with Gasteiger partial charge in [0.05, 0.1) is 5.54 Å². The summed E-state index contributed by atoms with van der Waals surface area (Å²) < 4.78 is 6.81. The van der Waals surface area contributed by atoms with Crippen molar-refractivity contribution in [2.45, 2.75) is 44.1 Å². The zero-order valence-electron chi connectivity index (χ0n) is 12.2. The lowest BCUT2D eigenvalue weighted by Gasteiger charge is -2.23. The van der Waals surface area contributed by atoms with E-state index in [1.54, 1.807) is 19.3 Å². The van der Waals surface area contributed by atoms with Crippen molar-refractivity contribution in [1.82, 2.24) is 14.7 Å². The average molecular weight is 288 g/mol. The molecule has 0 atom stereocenters. The van der Waals surface area contributed by atoms with E-state index in [0.717, 1.165) is 25.7 Å². The van der Waals surface area contributed by atoms with Crippen LogP contribution >= 0.6 is 0 Å². The third-order valence-corrected chi connectivity index (χ3v) is 4.22. The van der Waals surface area contributed by atoms with Crippen molar-refractivity contribution in [3.63, 3.8) is 0 Å². The highest BCUT2D eigenvalue weighted by molar-refractivity contribution is 5.51. The second-order valence-electron chi connectivity index (χ2n) is 5.86. The molecular formula is C15H20N4O2. The molecule has 0 aromatic carbocycles. The van der Waals surface area contributed by atoms with Gasteiger partial charge in [-0.15, -0.1) is 0 Å². The van der Waals surface area contributed by atoms with Gasteiger partial charge >= 0.3 is 0 Å². The number of nitrogens with two attached hydrogens (primary N) is 1. The smallest absolute Gasteiger partial charge is 0.258 e. The number of pyridine rings is 1. The van der Waals surface area contributed by atoms with E-state index in [4.69, 9.17) is 10.3 Å². The molecular weight excluding hydrogens is 268 g/mol. The Morgan fingerprint density at radius 1 is 1.29 bits per heavy atom. The van der Waals surface area contributed by atoms with Gasteiger partial charge in [0, 0.05) is 24.9 Å². The predicted molar refractivity (Wildman–Crippen MR) is 78.5 cm³/mol. The highest BCUT2D eigenvalue weighted by Gasteiger charge is 2.33. The molecule has 0 aliphatic heterocycles. The first kappa shape index (κ1) is 14.0. The number of nitrogens with zero attached hydrogens (tertiary/aromatic N) is 3. The normalized spacial score (nSPS) is 18.4. The Bertz CT molecular complexity index is 681. The molecule has 0 spiro atoms. The standard InChI is InChI=1S/C15H20N4O2/c1-19-9-6-11(10-12(19)20)13-17-14(18-21-13)15(16)7-4-2-3-5-8-15/h6,9-10H,2-5,7-8,16H2,1H3. The summed E-state index contributed by atoms with van der Waals surface area (Å²) in [7, 11) is 1.70. The Morgan fingerprint density at radius 3 is 2.67 bits per heavy atom. The molecule has 0 bridgehead atoms. The first-order chi connectivity index (χ1) is 10.1. The van der Waals surface area contributed by atoms with Crippen LogP contribution in [0.15, 0.2) is 27.6 Å². The molecule has 2 N–H and O–H groups in total. The van der Waals surface area contributed by atoms with Crippen LogP contribution in [0, 0.1) is 0 Å². The van der Waals surface area contributed by atoms with Gasteiger partial charge in [-0.05, 0) is 18.9 Å². The summed E-state index contributed by atoms with van der Waals surface area (Å²) in [5.74, 6) is 0.914. The highest BCUT2D eigenvalue weighted by atomic mass is 16.5. The van der Waals surface area contributed by atoms with Crippen LogP contribution in [0.25, 0.3) is 11.5 Å². The molecule has 21 heavy (non-hydrogen) atoms. The molecule has 0 amide bonds. The van der Waals surface area contributed by atoms with Crippen LogP contribution in [0.4, 0.5) is 0 Å². The monoisotopic (exact) mass is 288 g/mol. The summed E-state index contributed by atoms with van der Waals surface area (Å²) in [4.78, 5) is 16.1.